The Labute approximate surface area is 98.6 Å². The Bertz CT molecular complexity index is 268. The lowest BCUT2D eigenvalue weighted by atomic mass is 10.2. The lowest BCUT2D eigenvalue weighted by molar-refractivity contribution is -0.142. The standard InChI is InChI=1S/C9H11NO2.2C2H6/c1-7(11)12-6-8-2-4-9(10)5-3-8;2*1-2/h2-5H,6,10H2,1H3;2*1-2H3. The third-order valence-corrected chi connectivity index (χ3v) is 1.42. The average Bonchev–Trinajstić information content (AvgIpc) is 2.33. The second kappa shape index (κ2) is 11.6. The number of anilines is 1. The van der Waals surface area contributed by atoms with Crippen LogP contribution in [-0.2, 0) is 16.1 Å². The molecule has 0 atom stereocenters. The fraction of sp³-hybridized carbons (Fsp3) is 0.462. The van der Waals surface area contributed by atoms with Crippen LogP contribution in [0.4, 0.5) is 5.69 Å². The molecule has 0 saturated carbocycles. The predicted octanol–water partition coefficient (Wildman–Crippen LogP) is 3.38. The third kappa shape index (κ3) is 9.06. The Morgan fingerprint density at radius 1 is 1.12 bits per heavy atom. The molecule has 1 aromatic carbocycles. The van der Waals surface area contributed by atoms with Gasteiger partial charge in [-0.2, -0.15) is 0 Å². The summed E-state index contributed by atoms with van der Waals surface area (Å²) in [7, 11) is 0. The van der Waals surface area contributed by atoms with E-state index in [1.54, 1.807) is 12.1 Å². The molecule has 0 aromatic heterocycles. The second-order valence-corrected chi connectivity index (χ2v) is 2.52. The van der Waals surface area contributed by atoms with Crippen molar-refractivity contribution in [2.24, 2.45) is 0 Å². The van der Waals surface area contributed by atoms with Gasteiger partial charge in [0.2, 0.25) is 0 Å². The Balaban J connectivity index is 0. The highest BCUT2D eigenvalue weighted by atomic mass is 16.5. The van der Waals surface area contributed by atoms with Crippen LogP contribution in [0.5, 0.6) is 0 Å². The van der Waals surface area contributed by atoms with E-state index in [0.29, 0.717) is 12.3 Å². The van der Waals surface area contributed by atoms with Crippen molar-refractivity contribution in [3.63, 3.8) is 0 Å². The van der Waals surface area contributed by atoms with Crippen molar-refractivity contribution >= 4 is 11.7 Å². The second-order valence-electron chi connectivity index (χ2n) is 2.52. The number of hydrogen-bond acceptors (Lipinski definition) is 3. The minimum Gasteiger partial charge on any atom is -0.461 e. The summed E-state index contributed by atoms with van der Waals surface area (Å²) in [5, 5.41) is 0. The molecule has 0 aliphatic rings. The van der Waals surface area contributed by atoms with Crippen molar-refractivity contribution in [3.05, 3.63) is 29.8 Å². The maximum Gasteiger partial charge on any atom is 0.302 e. The van der Waals surface area contributed by atoms with Gasteiger partial charge in [0, 0.05) is 12.6 Å². The van der Waals surface area contributed by atoms with Crippen LogP contribution in [0.3, 0.4) is 0 Å². The first-order valence-electron chi connectivity index (χ1n) is 5.66. The minimum absolute atomic E-state index is 0.271. The summed E-state index contributed by atoms with van der Waals surface area (Å²) >= 11 is 0. The molecule has 0 amide bonds. The molecule has 92 valence electrons. The van der Waals surface area contributed by atoms with Gasteiger partial charge < -0.3 is 10.5 Å². The molecule has 0 radical (unpaired) electrons. The molecule has 1 rings (SSSR count). The van der Waals surface area contributed by atoms with E-state index in [4.69, 9.17) is 10.5 Å². The van der Waals surface area contributed by atoms with E-state index >= 15 is 0 Å². The first-order chi connectivity index (χ1) is 7.68. The molecule has 0 unspecified atom stereocenters. The van der Waals surface area contributed by atoms with Crippen LogP contribution in [0.25, 0.3) is 0 Å². The fourth-order valence-corrected chi connectivity index (χ4v) is 0.799. The van der Waals surface area contributed by atoms with Gasteiger partial charge in [-0.1, -0.05) is 39.8 Å². The number of nitrogen functional groups attached to an aromatic ring is 1. The van der Waals surface area contributed by atoms with E-state index in [1.807, 2.05) is 39.8 Å². The number of hydrogen-bond donors (Lipinski definition) is 1. The van der Waals surface area contributed by atoms with Gasteiger partial charge in [-0.15, -0.1) is 0 Å². The topological polar surface area (TPSA) is 52.3 Å². The summed E-state index contributed by atoms with van der Waals surface area (Å²) in [6.07, 6.45) is 0. The molecular formula is C13H23NO2. The maximum absolute atomic E-state index is 10.4. The molecule has 3 heteroatoms. The van der Waals surface area contributed by atoms with Crippen molar-refractivity contribution in [2.75, 3.05) is 5.73 Å². The lowest BCUT2D eigenvalue weighted by Crippen LogP contribution is -1.98. The number of benzene rings is 1. The Morgan fingerprint density at radius 2 is 1.56 bits per heavy atom. The SMILES string of the molecule is CC.CC.CC(=O)OCc1ccc(N)cc1. The van der Waals surface area contributed by atoms with Crippen molar-refractivity contribution in [1.29, 1.82) is 0 Å². The number of ether oxygens (including phenoxy) is 1. The van der Waals surface area contributed by atoms with Crippen LogP contribution < -0.4 is 5.73 Å². The minimum atomic E-state index is -0.271. The maximum atomic E-state index is 10.4. The summed E-state index contributed by atoms with van der Waals surface area (Å²) in [5.74, 6) is -0.271. The number of nitrogens with two attached hydrogens (primary N) is 1. The van der Waals surface area contributed by atoms with Crippen LogP contribution >= 0.6 is 0 Å². The molecule has 3 nitrogen and oxygen atoms in total. The molecule has 0 aliphatic heterocycles. The van der Waals surface area contributed by atoms with Crippen molar-refractivity contribution in [3.8, 4) is 0 Å². The number of rotatable bonds is 2. The number of esters is 1. The summed E-state index contributed by atoms with van der Waals surface area (Å²) in [5.41, 5.74) is 7.13. The Morgan fingerprint density at radius 3 is 1.94 bits per heavy atom. The molecule has 2 N–H and O–H groups in total. The predicted molar refractivity (Wildman–Crippen MR) is 69.0 cm³/mol. The summed E-state index contributed by atoms with van der Waals surface area (Å²) < 4.78 is 4.79. The van der Waals surface area contributed by atoms with Crippen molar-refractivity contribution < 1.29 is 9.53 Å². The van der Waals surface area contributed by atoms with Crippen LogP contribution in [0, 0.1) is 0 Å². The van der Waals surface area contributed by atoms with Crippen LogP contribution in [0.2, 0.25) is 0 Å². The number of carbonyl (C=O) groups is 1. The lowest BCUT2D eigenvalue weighted by Gasteiger charge is -2.01. The number of carbonyl (C=O) groups excluding carboxylic acids is 1. The zero-order valence-electron chi connectivity index (χ0n) is 10.9. The van der Waals surface area contributed by atoms with E-state index in [0.717, 1.165) is 5.56 Å². The van der Waals surface area contributed by atoms with E-state index in [-0.39, 0.29) is 5.97 Å². The van der Waals surface area contributed by atoms with Gasteiger partial charge in [0.1, 0.15) is 6.61 Å². The monoisotopic (exact) mass is 225 g/mol. The largest absolute Gasteiger partial charge is 0.461 e. The molecular weight excluding hydrogens is 202 g/mol. The van der Waals surface area contributed by atoms with Gasteiger partial charge in [0.25, 0.3) is 0 Å². The Kier molecular flexibility index (Phi) is 12.2. The quantitative estimate of drug-likeness (QED) is 0.620. The van der Waals surface area contributed by atoms with Gasteiger partial charge >= 0.3 is 5.97 Å². The highest BCUT2D eigenvalue weighted by Crippen LogP contribution is 2.06. The highest BCUT2D eigenvalue weighted by Gasteiger charge is 1.94. The zero-order chi connectivity index (χ0) is 13.0. The first kappa shape index (κ1) is 16.9. The van der Waals surface area contributed by atoms with Crippen LogP contribution in [0.15, 0.2) is 24.3 Å². The zero-order valence-corrected chi connectivity index (χ0v) is 10.9. The van der Waals surface area contributed by atoms with Crippen LogP contribution in [-0.4, -0.2) is 5.97 Å². The van der Waals surface area contributed by atoms with Crippen LogP contribution in [0.1, 0.15) is 40.2 Å². The highest BCUT2D eigenvalue weighted by molar-refractivity contribution is 5.65. The smallest absolute Gasteiger partial charge is 0.302 e. The first-order valence-corrected chi connectivity index (χ1v) is 5.66. The fourth-order valence-electron chi connectivity index (χ4n) is 0.799. The van der Waals surface area contributed by atoms with Gasteiger partial charge in [0.05, 0.1) is 0 Å². The molecule has 0 aliphatic carbocycles. The van der Waals surface area contributed by atoms with Crippen molar-refractivity contribution in [1.82, 2.24) is 0 Å². The van der Waals surface area contributed by atoms with Gasteiger partial charge in [-0.05, 0) is 17.7 Å². The molecule has 0 bridgehead atoms. The Hall–Kier alpha value is -1.51. The third-order valence-electron chi connectivity index (χ3n) is 1.42. The summed E-state index contributed by atoms with van der Waals surface area (Å²) in [6, 6.07) is 7.22. The summed E-state index contributed by atoms with van der Waals surface area (Å²) in [6.45, 7) is 9.70. The molecule has 0 spiro atoms. The van der Waals surface area contributed by atoms with E-state index in [1.165, 1.54) is 6.92 Å². The average molecular weight is 225 g/mol. The molecule has 16 heavy (non-hydrogen) atoms. The molecule has 0 saturated heterocycles. The van der Waals surface area contributed by atoms with Gasteiger partial charge in [0.15, 0.2) is 0 Å². The van der Waals surface area contributed by atoms with E-state index in [9.17, 15) is 4.79 Å². The van der Waals surface area contributed by atoms with E-state index in [2.05, 4.69) is 0 Å². The van der Waals surface area contributed by atoms with Crippen molar-refractivity contribution in [2.45, 2.75) is 41.2 Å². The normalized spacial score (nSPS) is 7.81. The van der Waals surface area contributed by atoms with Gasteiger partial charge in [-0.25, -0.2) is 0 Å². The van der Waals surface area contributed by atoms with E-state index < -0.39 is 0 Å². The van der Waals surface area contributed by atoms with Gasteiger partial charge in [-0.3, -0.25) is 4.79 Å². The molecule has 1 aromatic rings. The molecule has 0 heterocycles. The molecule has 0 fully saturated rings. The summed E-state index contributed by atoms with van der Waals surface area (Å²) in [4.78, 5) is 10.4.